The predicted molar refractivity (Wildman–Crippen MR) is 175 cm³/mol. The third-order valence-corrected chi connectivity index (χ3v) is 8.70. The van der Waals surface area contributed by atoms with Crippen LogP contribution in [0.3, 0.4) is 0 Å². The van der Waals surface area contributed by atoms with Gasteiger partial charge in [-0.15, -0.1) is 0 Å². The molecule has 0 aliphatic heterocycles. The maximum absolute atomic E-state index is 11.1. The highest BCUT2D eigenvalue weighted by molar-refractivity contribution is 5.66. The van der Waals surface area contributed by atoms with E-state index in [4.69, 9.17) is 10.2 Å². The van der Waals surface area contributed by atoms with E-state index in [2.05, 4.69) is 19.1 Å². The molecule has 7 heteroatoms. The van der Waals surface area contributed by atoms with E-state index in [1.165, 1.54) is 96.3 Å². The van der Waals surface area contributed by atoms with Crippen molar-refractivity contribution in [1.82, 2.24) is 0 Å². The molecule has 0 unspecified atom stereocenters. The average molecular weight is 610 g/mol. The van der Waals surface area contributed by atoms with Crippen molar-refractivity contribution in [2.24, 2.45) is 0 Å². The van der Waals surface area contributed by atoms with Gasteiger partial charge in [0.15, 0.2) is 0 Å². The molecule has 0 amide bonds. The fraction of sp³-hybridized carbons (Fsp3) is 0.861. The summed E-state index contributed by atoms with van der Waals surface area (Å²) in [6.07, 6.45) is 32.3. The van der Waals surface area contributed by atoms with Gasteiger partial charge in [-0.1, -0.05) is 109 Å². The van der Waals surface area contributed by atoms with Gasteiger partial charge in [-0.25, -0.2) is 0 Å². The summed E-state index contributed by atoms with van der Waals surface area (Å²) in [5.74, 6) is -2.75. The highest BCUT2D eigenvalue weighted by Crippen LogP contribution is 2.18. The molecule has 0 saturated heterocycles. The first-order valence-corrected chi connectivity index (χ1v) is 17.9. The number of aliphatic carboxylic acids is 3. The predicted octanol–water partition coefficient (Wildman–Crippen LogP) is 8.44. The molecule has 2 N–H and O–H groups in total. The smallest absolute Gasteiger partial charge is 0.303 e. The van der Waals surface area contributed by atoms with E-state index >= 15 is 0 Å². The van der Waals surface area contributed by atoms with Crippen LogP contribution in [0.1, 0.15) is 174 Å². The summed E-state index contributed by atoms with van der Waals surface area (Å²) in [6, 6.07) is 0. The second-order valence-corrected chi connectivity index (χ2v) is 12.8. The Morgan fingerprint density at radius 1 is 0.488 bits per heavy atom. The first-order chi connectivity index (χ1) is 20.8. The van der Waals surface area contributed by atoms with Gasteiger partial charge >= 0.3 is 11.9 Å². The van der Waals surface area contributed by atoms with Crippen LogP contribution in [0.5, 0.6) is 0 Å². The molecule has 0 fully saturated rings. The van der Waals surface area contributed by atoms with E-state index in [1.807, 2.05) is 0 Å². The van der Waals surface area contributed by atoms with Crippen molar-refractivity contribution >= 4 is 17.9 Å². The SMILES string of the molecule is CCCCCCCCCCCCCCCC/C=C/CCCCCC[N+](CCCC(=O)[O-])(CCCC(=O)O)CCCC(=O)O. The number of carboxylic acids is 3. The van der Waals surface area contributed by atoms with Crippen LogP contribution in [-0.2, 0) is 14.4 Å². The number of quaternary nitrogens is 1. The third-order valence-electron chi connectivity index (χ3n) is 8.70. The van der Waals surface area contributed by atoms with Crippen molar-refractivity contribution in [3.8, 4) is 0 Å². The van der Waals surface area contributed by atoms with E-state index < -0.39 is 17.9 Å². The number of hydrogen-bond acceptors (Lipinski definition) is 4. The zero-order valence-corrected chi connectivity index (χ0v) is 27.8. The van der Waals surface area contributed by atoms with Crippen molar-refractivity contribution in [2.75, 3.05) is 26.2 Å². The van der Waals surface area contributed by atoms with Crippen LogP contribution in [0.25, 0.3) is 0 Å². The Balaban J connectivity index is 4.04. The van der Waals surface area contributed by atoms with Gasteiger partial charge in [0.1, 0.15) is 0 Å². The zero-order chi connectivity index (χ0) is 31.9. The molecular formula is C36H67NO6. The van der Waals surface area contributed by atoms with Crippen LogP contribution in [0, 0.1) is 0 Å². The molecule has 0 rings (SSSR count). The highest BCUT2D eigenvalue weighted by atomic mass is 16.4. The second-order valence-electron chi connectivity index (χ2n) is 12.8. The number of unbranched alkanes of at least 4 members (excludes halogenated alkanes) is 18. The number of carbonyl (C=O) groups excluding carboxylic acids is 1. The van der Waals surface area contributed by atoms with E-state index in [0.717, 1.165) is 38.6 Å². The van der Waals surface area contributed by atoms with Gasteiger partial charge in [-0.2, -0.15) is 0 Å². The fourth-order valence-electron chi connectivity index (χ4n) is 6.12. The number of hydrogen-bond donors (Lipinski definition) is 2. The normalized spacial score (nSPS) is 11.8. The number of rotatable bonds is 34. The van der Waals surface area contributed by atoms with Crippen molar-refractivity contribution in [2.45, 2.75) is 174 Å². The largest absolute Gasteiger partial charge is 0.550 e. The van der Waals surface area contributed by atoms with Crippen LogP contribution in [-0.4, -0.2) is 58.8 Å². The maximum Gasteiger partial charge on any atom is 0.303 e. The lowest BCUT2D eigenvalue weighted by Crippen LogP contribution is -2.51. The second kappa shape index (κ2) is 30.1. The molecule has 0 atom stereocenters. The van der Waals surface area contributed by atoms with Gasteiger partial charge in [0.2, 0.25) is 0 Å². The first kappa shape index (κ1) is 41.1. The lowest BCUT2D eigenvalue weighted by molar-refractivity contribution is -0.929. The van der Waals surface area contributed by atoms with Gasteiger partial charge < -0.3 is 24.6 Å². The summed E-state index contributed by atoms with van der Waals surface area (Å²) in [5.41, 5.74) is 0. The van der Waals surface area contributed by atoms with Crippen molar-refractivity contribution in [3.63, 3.8) is 0 Å². The quantitative estimate of drug-likeness (QED) is 0.0430. The minimum Gasteiger partial charge on any atom is -0.550 e. The van der Waals surface area contributed by atoms with E-state index in [-0.39, 0.29) is 19.3 Å². The standard InChI is InChI=1S/C36H67NO6/c1-2-3-4-5-6-7-8-9-10-11-12-13-14-15-16-17-18-19-20-21-22-23-30-37(31-24-27-34(38)39,32-25-28-35(40)41)33-26-29-36(42)43/h17-18H,2-16,19-33H2,1H3,(H2-,38,39,40,41,42,43)/b18-17+. The number of carbonyl (C=O) groups is 3. The molecule has 0 spiro atoms. The van der Waals surface area contributed by atoms with Crippen molar-refractivity contribution < 1.29 is 34.2 Å². The molecule has 252 valence electrons. The molecule has 0 saturated carbocycles. The minimum absolute atomic E-state index is 0.0243. The Bertz CT molecular complexity index is 658. The van der Waals surface area contributed by atoms with Crippen LogP contribution in [0.2, 0.25) is 0 Å². The average Bonchev–Trinajstić information content (AvgIpc) is 2.95. The molecule has 43 heavy (non-hydrogen) atoms. The number of allylic oxidation sites excluding steroid dienone is 2. The van der Waals surface area contributed by atoms with Crippen molar-refractivity contribution in [1.29, 1.82) is 0 Å². The number of carboxylic acid groups (broad SMARTS) is 3. The van der Waals surface area contributed by atoms with E-state index in [0.29, 0.717) is 43.4 Å². The monoisotopic (exact) mass is 609 g/mol. The maximum atomic E-state index is 11.1. The fourth-order valence-corrected chi connectivity index (χ4v) is 6.12. The highest BCUT2D eigenvalue weighted by Gasteiger charge is 2.26. The van der Waals surface area contributed by atoms with Gasteiger partial charge in [-0.05, 0) is 44.9 Å². The Labute approximate surface area is 264 Å². The lowest BCUT2D eigenvalue weighted by Gasteiger charge is -2.39. The Hall–Kier alpha value is -1.89. The van der Waals surface area contributed by atoms with Gasteiger partial charge in [-0.3, -0.25) is 9.59 Å². The van der Waals surface area contributed by atoms with Crippen LogP contribution >= 0.6 is 0 Å². The Morgan fingerprint density at radius 3 is 1.19 bits per heavy atom. The van der Waals surface area contributed by atoms with Gasteiger partial charge in [0, 0.05) is 25.2 Å². The molecule has 0 radical (unpaired) electrons. The van der Waals surface area contributed by atoms with Crippen LogP contribution in [0.4, 0.5) is 0 Å². The lowest BCUT2D eigenvalue weighted by atomic mass is 10.0. The topological polar surface area (TPSA) is 115 Å². The van der Waals surface area contributed by atoms with Crippen LogP contribution < -0.4 is 5.11 Å². The molecule has 0 aliphatic carbocycles. The summed E-state index contributed by atoms with van der Waals surface area (Å²) >= 11 is 0. The van der Waals surface area contributed by atoms with Crippen LogP contribution in [0.15, 0.2) is 12.2 Å². The van der Waals surface area contributed by atoms with Gasteiger partial charge in [0.25, 0.3) is 0 Å². The third kappa shape index (κ3) is 29.9. The molecular weight excluding hydrogens is 542 g/mol. The molecule has 7 nitrogen and oxygen atoms in total. The molecule has 0 aromatic rings. The summed E-state index contributed by atoms with van der Waals surface area (Å²) in [5, 5.41) is 29.2. The molecule has 0 aromatic carbocycles. The molecule has 0 aliphatic rings. The Morgan fingerprint density at radius 2 is 0.814 bits per heavy atom. The van der Waals surface area contributed by atoms with Crippen molar-refractivity contribution in [3.05, 3.63) is 12.2 Å². The van der Waals surface area contributed by atoms with E-state index in [9.17, 15) is 19.5 Å². The zero-order valence-electron chi connectivity index (χ0n) is 27.8. The first-order valence-electron chi connectivity index (χ1n) is 17.9. The molecule has 0 heterocycles. The summed E-state index contributed by atoms with van der Waals surface area (Å²) < 4.78 is 0.604. The van der Waals surface area contributed by atoms with E-state index in [1.54, 1.807) is 0 Å². The molecule has 0 aromatic heterocycles. The Kier molecular flexibility index (Phi) is 28.8. The summed E-state index contributed by atoms with van der Waals surface area (Å²) in [7, 11) is 0. The molecule has 0 bridgehead atoms. The number of nitrogens with zero attached hydrogens (tertiary/aromatic N) is 1. The summed E-state index contributed by atoms with van der Waals surface area (Å²) in [4.78, 5) is 33.1. The summed E-state index contributed by atoms with van der Waals surface area (Å²) in [6.45, 7) is 5.01. The van der Waals surface area contributed by atoms with Gasteiger partial charge in [0.05, 0.1) is 39.0 Å². The minimum atomic E-state index is -1.08.